The summed E-state index contributed by atoms with van der Waals surface area (Å²) in [5.41, 5.74) is 2.17. The van der Waals surface area contributed by atoms with Crippen LogP contribution in [-0.2, 0) is 4.79 Å². The Morgan fingerprint density at radius 1 is 1.35 bits per heavy atom. The second-order valence-electron chi connectivity index (χ2n) is 9.11. The number of rotatable bonds is 6. The minimum absolute atomic E-state index is 0.219. The van der Waals surface area contributed by atoms with E-state index in [1.807, 2.05) is 55.5 Å². The Balaban J connectivity index is 1.42. The Labute approximate surface area is 205 Å². The summed E-state index contributed by atoms with van der Waals surface area (Å²) in [5, 5.41) is 1.43. The molecular weight excluding hydrogens is 448 g/mol. The van der Waals surface area contributed by atoms with Gasteiger partial charge in [-0.3, -0.25) is 4.79 Å². The van der Waals surface area contributed by atoms with Crippen molar-refractivity contribution < 1.29 is 4.79 Å². The van der Waals surface area contributed by atoms with Crippen molar-refractivity contribution in [2.45, 2.75) is 19.8 Å². The molecule has 2 atom stereocenters. The largest absolute Gasteiger partial charge is 0.342 e. The number of aromatic nitrogens is 3. The second kappa shape index (κ2) is 10.8. The van der Waals surface area contributed by atoms with Crippen LogP contribution in [0.4, 0.5) is 5.82 Å². The number of aliphatic imine (C=N–C) groups is 1. The van der Waals surface area contributed by atoms with Crippen LogP contribution in [0.5, 0.6) is 0 Å². The lowest BCUT2D eigenvalue weighted by Crippen LogP contribution is -2.32. The Kier molecular flexibility index (Phi) is 7.61. The lowest BCUT2D eigenvalue weighted by Gasteiger charge is -2.20. The minimum Gasteiger partial charge on any atom is -0.342 e. The lowest BCUT2D eigenvalue weighted by molar-refractivity contribution is -0.131. The zero-order valence-corrected chi connectivity index (χ0v) is 20.5. The van der Waals surface area contributed by atoms with Crippen LogP contribution in [-0.4, -0.2) is 70.6 Å². The molecule has 0 spiro atoms. The third-order valence-corrected chi connectivity index (χ3v) is 6.12. The van der Waals surface area contributed by atoms with Crippen LogP contribution < -0.4 is 0 Å². The maximum absolute atomic E-state index is 12.6. The first kappa shape index (κ1) is 23.9. The van der Waals surface area contributed by atoms with E-state index in [0.29, 0.717) is 35.4 Å². The molecule has 1 N–H and O–H groups in total. The predicted octanol–water partition coefficient (Wildman–Crippen LogP) is 4.15. The van der Waals surface area contributed by atoms with Crippen LogP contribution in [0.1, 0.15) is 31.0 Å². The molecule has 3 heterocycles. The molecule has 0 saturated carbocycles. The maximum Gasteiger partial charge on any atom is 0.222 e. The van der Waals surface area contributed by atoms with Gasteiger partial charge >= 0.3 is 0 Å². The average Bonchev–Trinajstić information content (AvgIpc) is 3.43. The number of hydrogen-bond donors (Lipinski definition) is 1. The number of carbonyl (C=O) groups excluding carboxylic acids is 1. The molecule has 1 amide bonds. The van der Waals surface area contributed by atoms with Crippen molar-refractivity contribution in [2.24, 2.45) is 16.8 Å². The van der Waals surface area contributed by atoms with Gasteiger partial charge in [0.25, 0.3) is 0 Å². The fourth-order valence-corrected chi connectivity index (χ4v) is 4.40. The number of hydrogen-bond acceptors (Lipinski definition) is 5. The van der Waals surface area contributed by atoms with E-state index < -0.39 is 0 Å². The lowest BCUT2D eigenvalue weighted by atomic mass is 10.1. The smallest absolute Gasteiger partial charge is 0.222 e. The first-order chi connectivity index (χ1) is 16.4. The van der Waals surface area contributed by atoms with Crippen molar-refractivity contribution in [3.63, 3.8) is 0 Å². The van der Waals surface area contributed by atoms with E-state index in [2.05, 4.69) is 43.6 Å². The number of aromatic amines is 1. The van der Waals surface area contributed by atoms with Gasteiger partial charge in [0.2, 0.25) is 5.91 Å². The van der Waals surface area contributed by atoms with Gasteiger partial charge in [0.1, 0.15) is 12.0 Å². The van der Waals surface area contributed by atoms with Crippen molar-refractivity contribution in [1.82, 2.24) is 24.8 Å². The summed E-state index contributed by atoms with van der Waals surface area (Å²) in [6, 6.07) is 9.38. The zero-order valence-electron chi connectivity index (χ0n) is 19.8. The number of amides is 1. The monoisotopic (exact) mass is 476 g/mol. The molecule has 1 aliphatic heterocycles. The molecule has 2 aromatic heterocycles. The molecule has 2 unspecified atom stereocenters. The van der Waals surface area contributed by atoms with Crippen molar-refractivity contribution in [2.75, 3.05) is 33.7 Å². The van der Waals surface area contributed by atoms with Crippen molar-refractivity contribution >= 4 is 40.6 Å². The normalized spacial score (nSPS) is 16.9. The zero-order chi connectivity index (χ0) is 24.1. The number of halogens is 1. The summed E-state index contributed by atoms with van der Waals surface area (Å²) in [6.45, 7) is 4.51. The fourth-order valence-electron chi connectivity index (χ4n) is 4.22. The molecule has 34 heavy (non-hydrogen) atoms. The summed E-state index contributed by atoms with van der Waals surface area (Å²) >= 11 is 6.19. The summed E-state index contributed by atoms with van der Waals surface area (Å²) in [7, 11) is 4.07. The van der Waals surface area contributed by atoms with E-state index in [-0.39, 0.29) is 11.8 Å². The standard InChI is InChI=1S/C26H29ClN6O/c1-18(15-32(2)3)12-24(34)33-11-10-19(16-33)14-28-25-22-13-21(31-26(22)30-17-29-25)9-8-20-6-4-5-7-23(20)27/h4-7,13-14,17-19H,10-12,15-16H2,1-3H3,(H,29,30,31). The van der Waals surface area contributed by atoms with Gasteiger partial charge in [-0.1, -0.05) is 36.6 Å². The molecule has 8 heteroatoms. The maximum atomic E-state index is 12.6. The molecular formula is C26H29ClN6O. The van der Waals surface area contributed by atoms with Crippen LogP contribution in [0.2, 0.25) is 5.02 Å². The van der Waals surface area contributed by atoms with Gasteiger partial charge in [-0.15, -0.1) is 0 Å². The third-order valence-electron chi connectivity index (χ3n) is 5.80. The van der Waals surface area contributed by atoms with Gasteiger partial charge in [0.15, 0.2) is 5.82 Å². The molecule has 1 aliphatic rings. The summed E-state index contributed by atoms with van der Waals surface area (Å²) in [4.78, 5) is 33.2. The predicted molar refractivity (Wildman–Crippen MR) is 136 cm³/mol. The Morgan fingerprint density at radius 2 is 2.18 bits per heavy atom. The highest BCUT2D eigenvalue weighted by Crippen LogP contribution is 2.24. The van der Waals surface area contributed by atoms with Crippen molar-refractivity contribution in [3.8, 4) is 11.8 Å². The molecule has 1 fully saturated rings. The summed E-state index contributed by atoms with van der Waals surface area (Å²) in [6.07, 6.45) is 4.90. The molecule has 4 rings (SSSR count). The van der Waals surface area contributed by atoms with Crippen molar-refractivity contribution in [3.05, 3.63) is 52.9 Å². The molecule has 0 radical (unpaired) electrons. The number of likely N-dealkylation sites (tertiary alicyclic amines) is 1. The number of fused-ring (bicyclic) bond motifs is 1. The van der Waals surface area contributed by atoms with E-state index in [4.69, 9.17) is 11.6 Å². The highest BCUT2D eigenvalue weighted by Gasteiger charge is 2.26. The molecule has 1 aromatic carbocycles. The highest BCUT2D eigenvalue weighted by molar-refractivity contribution is 6.31. The van der Waals surface area contributed by atoms with Gasteiger partial charge < -0.3 is 14.8 Å². The average molecular weight is 477 g/mol. The topological polar surface area (TPSA) is 77.5 Å². The third kappa shape index (κ3) is 6.02. The van der Waals surface area contributed by atoms with Gasteiger partial charge in [0, 0.05) is 43.8 Å². The van der Waals surface area contributed by atoms with Gasteiger partial charge in [-0.05, 0) is 50.6 Å². The first-order valence-corrected chi connectivity index (χ1v) is 11.8. The Hall–Kier alpha value is -3.21. The van der Waals surface area contributed by atoms with E-state index in [0.717, 1.165) is 36.2 Å². The second-order valence-corrected chi connectivity index (χ2v) is 9.52. The highest BCUT2D eigenvalue weighted by atomic mass is 35.5. The van der Waals surface area contributed by atoms with Crippen molar-refractivity contribution in [1.29, 1.82) is 0 Å². The van der Waals surface area contributed by atoms with E-state index in [1.54, 1.807) is 0 Å². The van der Waals surface area contributed by atoms with Crippen LogP contribution >= 0.6 is 11.6 Å². The molecule has 0 aliphatic carbocycles. The number of nitrogens with zero attached hydrogens (tertiary/aromatic N) is 5. The summed E-state index contributed by atoms with van der Waals surface area (Å²) < 4.78 is 0. The Morgan fingerprint density at radius 3 is 2.97 bits per heavy atom. The molecule has 1 saturated heterocycles. The minimum atomic E-state index is 0.219. The molecule has 176 valence electrons. The molecule has 3 aromatic rings. The number of benzene rings is 1. The molecule has 7 nitrogen and oxygen atoms in total. The van der Waals surface area contributed by atoms with E-state index in [1.165, 1.54) is 6.33 Å². The van der Waals surface area contributed by atoms with Crippen LogP contribution in [0, 0.1) is 23.7 Å². The van der Waals surface area contributed by atoms with E-state index in [9.17, 15) is 4.79 Å². The van der Waals surface area contributed by atoms with Gasteiger partial charge in [-0.2, -0.15) is 0 Å². The fraction of sp³-hybridized carbons (Fsp3) is 0.385. The van der Waals surface area contributed by atoms with Crippen LogP contribution in [0.25, 0.3) is 11.0 Å². The number of nitrogens with one attached hydrogen (secondary N) is 1. The Bertz CT molecular complexity index is 1250. The number of H-pyrrole nitrogens is 1. The first-order valence-electron chi connectivity index (χ1n) is 11.5. The van der Waals surface area contributed by atoms with Crippen LogP contribution in [0.15, 0.2) is 41.7 Å². The SMILES string of the molecule is CC(CC(=O)N1CCC(C=Nc2ncnc3[nH]c(C#Cc4ccccc4Cl)cc23)C1)CN(C)C. The summed E-state index contributed by atoms with van der Waals surface area (Å²) in [5.74, 6) is 7.57. The molecule has 0 bridgehead atoms. The van der Waals surface area contributed by atoms with Gasteiger partial charge in [-0.25, -0.2) is 15.0 Å². The number of carbonyl (C=O) groups is 1. The quantitative estimate of drug-likeness (QED) is 0.428. The van der Waals surface area contributed by atoms with Crippen LogP contribution in [0.3, 0.4) is 0 Å². The van der Waals surface area contributed by atoms with Gasteiger partial charge in [0.05, 0.1) is 16.1 Å². The van der Waals surface area contributed by atoms with E-state index >= 15 is 0 Å².